The van der Waals surface area contributed by atoms with Crippen LogP contribution in [0.5, 0.6) is 0 Å². The number of hydrogen-bond donors (Lipinski definition) is 0. The lowest BCUT2D eigenvalue weighted by Gasteiger charge is -2.25. The van der Waals surface area contributed by atoms with Gasteiger partial charge >= 0.3 is 0 Å². The second-order valence-electron chi connectivity index (χ2n) is 7.51. The highest BCUT2D eigenvalue weighted by atomic mass is 127. The second kappa shape index (κ2) is 13.4. The molecule has 0 aromatic heterocycles. The van der Waals surface area contributed by atoms with Crippen LogP contribution >= 0.6 is 22.6 Å². The molecule has 1 heteroatoms. The van der Waals surface area contributed by atoms with Gasteiger partial charge in [0.15, 0.2) is 0 Å². The van der Waals surface area contributed by atoms with Gasteiger partial charge in [0.2, 0.25) is 0 Å². The van der Waals surface area contributed by atoms with E-state index in [4.69, 9.17) is 0 Å². The van der Waals surface area contributed by atoms with E-state index in [-0.39, 0.29) is 0 Å². The highest BCUT2D eigenvalue weighted by Crippen LogP contribution is 2.30. The average Bonchev–Trinajstić information content (AvgIpc) is 2.38. The van der Waals surface area contributed by atoms with E-state index in [1.165, 1.54) is 83.5 Å². The Hall–Kier alpha value is 0.730. The van der Waals surface area contributed by atoms with Crippen molar-refractivity contribution in [3.63, 3.8) is 0 Å². The summed E-state index contributed by atoms with van der Waals surface area (Å²) < 4.78 is 0.836. The maximum Gasteiger partial charge on any atom is 0.0158 e. The lowest BCUT2D eigenvalue weighted by molar-refractivity contribution is 0.383. The molecule has 0 amide bonds. The van der Waals surface area contributed by atoms with Crippen LogP contribution in [-0.4, -0.2) is 3.92 Å². The van der Waals surface area contributed by atoms with Gasteiger partial charge in [0, 0.05) is 3.92 Å². The molecule has 1 unspecified atom stereocenters. The Kier molecular flexibility index (Phi) is 13.9. The molecule has 0 rings (SSSR count). The first kappa shape index (κ1) is 20.7. The number of rotatable bonds is 13. The lowest BCUT2D eigenvalue weighted by Crippen LogP contribution is -2.19. The Morgan fingerprint density at radius 3 is 1.35 bits per heavy atom. The van der Waals surface area contributed by atoms with E-state index in [1.54, 1.807) is 0 Å². The number of alkyl halides is 1. The first-order valence-corrected chi connectivity index (χ1v) is 10.4. The molecule has 0 aliphatic carbocycles. The highest BCUT2D eigenvalue weighted by molar-refractivity contribution is 14.1. The van der Waals surface area contributed by atoms with Crippen LogP contribution < -0.4 is 0 Å². The van der Waals surface area contributed by atoms with Gasteiger partial charge in [0.25, 0.3) is 0 Å². The molecule has 0 saturated heterocycles. The minimum atomic E-state index is 0.484. The van der Waals surface area contributed by atoms with Gasteiger partial charge in [-0.05, 0) is 11.8 Å². The van der Waals surface area contributed by atoms with Crippen molar-refractivity contribution in [1.29, 1.82) is 0 Å². The molecule has 0 heterocycles. The maximum absolute atomic E-state index is 2.64. The largest absolute Gasteiger partial charge is 0.0820 e. The molecular weight excluding hydrogens is 355 g/mol. The van der Waals surface area contributed by atoms with Crippen LogP contribution in [0, 0.1) is 5.41 Å². The predicted molar refractivity (Wildman–Crippen MR) is 103 cm³/mol. The van der Waals surface area contributed by atoms with Crippen molar-refractivity contribution in [2.45, 2.75) is 115 Å². The fourth-order valence-corrected chi connectivity index (χ4v) is 3.04. The van der Waals surface area contributed by atoms with E-state index in [9.17, 15) is 0 Å². The molecule has 0 bridgehead atoms. The van der Waals surface area contributed by atoms with Crippen LogP contribution in [0.2, 0.25) is 0 Å². The van der Waals surface area contributed by atoms with Crippen molar-refractivity contribution < 1.29 is 0 Å². The third-order valence-corrected chi connectivity index (χ3v) is 6.74. The van der Waals surface area contributed by atoms with Crippen molar-refractivity contribution in [2.75, 3.05) is 0 Å². The van der Waals surface area contributed by atoms with E-state index >= 15 is 0 Å². The van der Waals surface area contributed by atoms with Gasteiger partial charge in [-0.15, -0.1) is 0 Å². The van der Waals surface area contributed by atoms with Crippen LogP contribution in [0.25, 0.3) is 0 Å². The molecule has 0 aromatic carbocycles. The minimum absolute atomic E-state index is 0.484. The fourth-order valence-electron chi connectivity index (χ4n) is 2.60. The zero-order valence-electron chi connectivity index (χ0n) is 14.6. The zero-order valence-corrected chi connectivity index (χ0v) is 16.8. The standard InChI is InChI=1S/C19H39I/c1-5-6-7-8-9-10-11-12-13-14-15-16-17-18(20)19(2,3)4/h18H,5-17H2,1-4H3. The molecule has 122 valence electrons. The summed E-state index contributed by atoms with van der Waals surface area (Å²) in [7, 11) is 0. The van der Waals surface area contributed by atoms with E-state index in [2.05, 4.69) is 50.3 Å². The van der Waals surface area contributed by atoms with Gasteiger partial charge in [-0.25, -0.2) is 0 Å². The minimum Gasteiger partial charge on any atom is -0.0820 e. The summed E-state index contributed by atoms with van der Waals surface area (Å²) in [4.78, 5) is 0. The molecular formula is C19H39I. The predicted octanol–water partition coefficient (Wildman–Crippen LogP) is 7.93. The molecule has 0 aromatic rings. The Morgan fingerprint density at radius 2 is 1.00 bits per heavy atom. The molecule has 0 radical (unpaired) electrons. The maximum atomic E-state index is 2.64. The van der Waals surface area contributed by atoms with Crippen LogP contribution in [-0.2, 0) is 0 Å². The van der Waals surface area contributed by atoms with Crippen LogP contribution in [0.1, 0.15) is 111 Å². The average molecular weight is 394 g/mol. The Labute approximate surface area is 143 Å². The van der Waals surface area contributed by atoms with Gasteiger partial charge in [-0.2, -0.15) is 0 Å². The van der Waals surface area contributed by atoms with Gasteiger partial charge < -0.3 is 0 Å². The lowest BCUT2D eigenvalue weighted by atomic mass is 9.89. The molecule has 1 atom stereocenters. The Bertz CT molecular complexity index is 192. The van der Waals surface area contributed by atoms with Gasteiger partial charge in [0.05, 0.1) is 0 Å². The summed E-state index contributed by atoms with van der Waals surface area (Å²) in [5, 5.41) is 0. The molecule has 0 saturated carbocycles. The van der Waals surface area contributed by atoms with Crippen LogP contribution in [0.4, 0.5) is 0 Å². The molecule has 0 aliphatic rings. The van der Waals surface area contributed by atoms with Gasteiger partial charge in [0.1, 0.15) is 0 Å². The first-order chi connectivity index (χ1) is 9.48. The van der Waals surface area contributed by atoms with Crippen molar-refractivity contribution >= 4 is 22.6 Å². The summed E-state index contributed by atoms with van der Waals surface area (Å²) in [6, 6.07) is 0. The van der Waals surface area contributed by atoms with Crippen LogP contribution in [0.3, 0.4) is 0 Å². The third-order valence-electron chi connectivity index (χ3n) is 4.25. The molecule has 20 heavy (non-hydrogen) atoms. The normalized spacial score (nSPS) is 13.7. The van der Waals surface area contributed by atoms with Gasteiger partial charge in [-0.1, -0.05) is 127 Å². The van der Waals surface area contributed by atoms with E-state index < -0.39 is 0 Å². The summed E-state index contributed by atoms with van der Waals surface area (Å²) >= 11 is 2.64. The zero-order chi connectivity index (χ0) is 15.3. The first-order valence-electron chi connectivity index (χ1n) is 9.12. The molecule has 0 nitrogen and oxygen atoms in total. The van der Waals surface area contributed by atoms with E-state index in [0.717, 1.165) is 3.92 Å². The van der Waals surface area contributed by atoms with Crippen molar-refractivity contribution in [2.24, 2.45) is 5.41 Å². The number of unbranched alkanes of at least 4 members (excludes halogenated alkanes) is 11. The monoisotopic (exact) mass is 394 g/mol. The number of halogens is 1. The smallest absolute Gasteiger partial charge is 0.0158 e. The van der Waals surface area contributed by atoms with E-state index in [0.29, 0.717) is 5.41 Å². The number of hydrogen-bond acceptors (Lipinski definition) is 0. The van der Waals surface area contributed by atoms with E-state index in [1.807, 2.05) is 0 Å². The van der Waals surface area contributed by atoms with Crippen molar-refractivity contribution in [1.82, 2.24) is 0 Å². The summed E-state index contributed by atoms with van der Waals surface area (Å²) in [5.74, 6) is 0. The summed E-state index contributed by atoms with van der Waals surface area (Å²) in [6.07, 6.45) is 18.9. The quantitative estimate of drug-likeness (QED) is 0.169. The molecule has 0 aliphatic heterocycles. The van der Waals surface area contributed by atoms with Crippen LogP contribution in [0.15, 0.2) is 0 Å². The molecule has 0 N–H and O–H groups in total. The Morgan fingerprint density at radius 1 is 0.650 bits per heavy atom. The summed E-state index contributed by atoms with van der Waals surface area (Å²) in [5.41, 5.74) is 0.484. The SMILES string of the molecule is CCCCCCCCCCCCCCC(I)C(C)(C)C. The third kappa shape index (κ3) is 13.7. The van der Waals surface area contributed by atoms with Crippen molar-refractivity contribution in [3.8, 4) is 0 Å². The fraction of sp³-hybridized carbons (Fsp3) is 1.00. The summed E-state index contributed by atoms with van der Waals surface area (Å²) in [6.45, 7) is 9.39. The topological polar surface area (TPSA) is 0 Å². The molecule has 0 spiro atoms. The van der Waals surface area contributed by atoms with Gasteiger partial charge in [-0.3, -0.25) is 0 Å². The highest BCUT2D eigenvalue weighted by Gasteiger charge is 2.20. The Balaban J connectivity index is 3.14. The second-order valence-corrected chi connectivity index (χ2v) is 9.01. The van der Waals surface area contributed by atoms with Crippen molar-refractivity contribution in [3.05, 3.63) is 0 Å². The molecule has 0 fully saturated rings.